The molecule has 0 spiro atoms. The number of nitrogens with zero attached hydrogens (tertiary/aromatic N) is 2. The fourth-order valence-electron chi connectivity index (χ4n) is 1.78. The Morgan fingerprint density at radius 2 is 2.41 bits per heavy atom. The molecule has 1 saturated heterocycles. The molecule has 0 aliphatic carbocycles. The number of hydrogen-bond donors (Lipinski definition) is 1. The Morgan fingerprint density at radius 3 is 3.06 bits per heavy atom. The van der Waals surface area contributed by atoms with Crippen LogP contribution in [0.4, 0.5) is 8.78 Å². The lowest BCUT2D eigenvalue weighted by Gasteiger charge is -2.04. The normalized spacial score (nSPS) is 23.1. The molecular weight excluding hydrogens is 248 g/mol. The molecule has 0 radical (unpaired) electrons. The number of alkyl halides is 2. The van der Waals surface area contributed by atoms with Gasteiger partial charge in [0, 0.05) is 17.4 Å². The summed E-state index contributed by atoms with van der Waals surface area (Å²) >= 11 is 1.52. The Bertz CT molecular complexity index is 511. The third kappa shape index (κ3) is 2.07. The summed E-state index contributed by atoms with van der Waals surface area (Å²) in [5, 5.41) is 10.2. The van der Waals surface area contributed by atoms with Gasteiger partial charge >= 0.3 is 0 Å². The maximum absolute atomic E-state index is 13.0. The Kier molecular flexibility index (Phi) is 2.44. The zero-order chi connectivity index (χ0) is 11.9. The van der Waals surface area contributed by atoms with Gasteiger partial charge in [-0.3, -0.25) is 5.32 Å². The van der Waals surface area contributed by atoms with Gasteiger partial charge in [0.1, 0.15) is 0 Å². The molecule has 90 valence electrons. The lowest BCUT2D eigenvalue weighted by molar-refractivity contribution is 0.0200. The van der Waals surface area contributed by atoms with E-state index in [1.165, 1.54) is 11.3 Å². The van der Waals surface area contributed by atoms with Crippen molar-refractivity contribution in [2.24, 2.45) is 0 Å². The standard InChI is InChI=1S/C10H9F2N3OS/c11-10(12)3-7(13-5-10)9-14-8(15-16-9)6-1-2-17-4-6/h1-2,4,7,13H,3,5H2. The van der Waals surface area contributed by atoms with E-state index in [9.17, 15) is 8.78 Å². The molecule has 0 amide bonds. The van der Waals surface area contributed by atoms with Crippen LogP contribution >= 0.6 is 11.3 Å². The first-order valence-corrected chi connectivity index (χ1v) is 6.06. The zero-order valence-electron chi connectivity index (χ0n) is 8.69. The molecule has 1 aliphatic heterocycles. The van der Waals surface area contributed by atoms with Gasteiger partial charge in [0.25, 0.3) is 5.92 Å². The highest BCUT2D eigenvalue weighted by atomic mass is 32.1. The maximum atomic E-state index is 13.0. The summed E-state index contributed by atoms with van der Waals surface area (Å²) in [4.78, 5) is 4.13. The van der Waals surface area contributed by atoms with Gasteiger partial charge in [-0.2, -0.15) is 16.3 Å². The summed E-state index contributed by atoms with van der Waals surface area (Å²) in [6.07, 6.45) is -0.293. The van der Waals surface area contributed by atoms with Crippen molar-refractivity contribution in [1.29, 1.82) is 0 Å². The smallest absolute Gasteiger partial charge is 0.262 e. The molecule has 1 atom stereocenters. The van der Waals surface area contributed by atoms with E-state index >= 15 is 0 Å². The Balaban J connectivity index is 1.82. The molecule has 0 aromatic carbocycles. The molecule has 0 saturated carbocycles. The van der Waals surface area contributed by atoms with Crippen molar-refractivity contribution in [2.45, 2.75) is 18.4 Å². The molecule has 1 aliphatic rings. The van der Waals surface area contributed by atoms with Gasteiger partial charge in [0.05, 0.1) is 12.6 Å². The number of hydrogen-bond acceptors (Lipinski definition) is 5. The highest BCUT2D eigenvalue weighted by molar-refractivity contribution is 7.08. The zero-order valence-corrected chi connectivity index (χ0v) is 9.51. The molecule has 2 aromatic heterocycles. The molecule has 4 nitrogen and oxygen atoms in total. The third-order valence-electron chi connectivity index (χ3n) is 2.63. The lowest BCUT2D eigenvalue weighted by atomic mass is 10.2. The van der Waals surface area contributed by atoms with E-state index in [4.69, 9.17) is 4.52 Å². The van der Waals surface area contributed by atoms with Crippen molar-refractivity contribution in [3.63, 3.8) is 0 Å². The molecule has 1 N–H and O–H groups in total. The summed E-state index contributed by atoms with van der Waals surface area (Å²) in [5.74, 6) is -2.02. The van der Waals surface area contributed by atoms with Crippen LogP contribution in [-0.2, 0) is 0 Å². The molecule has 3 rings (SSSR count). The molecule has 1 fully saturated rings. The lowest BCUT2D eigenvalue weighted by Crippen LogP contribution is -2.19. The Hall–Kier alpha value is -1.34. The van der Waals surface area contributed by atoms with Crippen molar-refractivity contribution in [2.75, 3.05) is 6.54 Å². The van der Waals surface area contributed by atoms with Crippen molar-refractivity contribution < 1.29 is 13.3 Å². The van der Waals surface area contributed by atoms with Crippen LogP contribution in [0.2, 0.25) is 0 Å². The average molecular weight is 257 g/mol. The van der Waals surface area contributed by atoms with Crippen LogP contribution in [0.3, 0.4) is 0 Å². The first-order chi connectivity index (χ1) is 8.14. The first-order valence-electron chi connectivity index (χ1n) is 5.11. The van der Waals surface area contributed by atoms with Crippen molar-refractivity contribution >= 4 is 11.3 Å². The van der Waals surface area contributed by atoms with E-state index in [0.717, 1.165) is 5.56 Å². The number of nitrogens with one attached hydrogen (secondary N) is 1. The summed E-state index contributed by atoms with van der Waals surface area (Å²) in [7, 11) is 0. The van der Waals surface area contributed by atoms with Gasteiger partial charge in [-0.05, 0) is 11.4 Å². The number of rotatable bonds is 2. The van der Waals surface area contributed by atoms with E-state index in [-0.39, 0.29) is 18.9 Å². The van der Waals surface area contributed by atoms with E-state index in [2.05, 4.69) is 15.5 Å². The second-order valence-corrected chi connectivity index (χ2v) is 4.74. The maximum Gasteiger partial charge on any atom is 0.262 e. The van der Waals surface area contributed by atoms with Crippen molar-refractivity contribution in [3.05, 3.63) is 22.7 Å². The van der Waals surface area contributed by atoms with E-state index in [1.54, 1.807) is 0 Å². The topological polar surface area (TPSA) is 51.0 Å². The second-order valence-electron chi connectivity index (χ2n) is 3.96. The summed E-state index contributed by atoms with van der Waals surface area (Å²) in [5.41, 5.74) is 0.842. The first kappa shape index (κ1) is 10.8. The fraction of sp³-hybridized carbons (Fsp3) is 0.400. The third-order valence-corrected chi connectivity index (χ3v) is 3.31. The highest BCUT2D eigenvalue weighted by Gasteiger charge is 2.42. The Morgan fingerprint density at radius 1 is 1.53 bits per heavy atom. The van der Waals surface area contributed by atoms with Crippen molar-refractivity contribution in [1.82, 2.24) is 15.5 Å². The summed E-state index contributed by atoms with van der Waals surface area (Å²) in [6.45, 7) is -0.339. The van der Waals surface area contributed by atoms with Crippen LogP contribution in [0, 0.1) is 0 Å². The Labute approximate surface area is 99.6 Å². The average Bonchev–Trinajstić information content (AvgIpc) is 2.93. The van der Waals surface area contributed by atoms with Gasteiger partial charge in [0.15, 0.2) is 0 Å². The van der Waals surface area contributed by atoms with Gasteiger partial charge in [0.2, 0.25) is 11.7 Å². The van der Waals surface area contributed by atoms with Crippen LogP contribution in [0.1, 0.15) is 18.4 Å². The molecular formula is C10H9F2N3OS. The van der Waals surface area contributed by atoms with Crippen LogP contribution in [0.25, 0.3) is 11.4 Å². The largest absolute Gasteiger partial charge is 0.337 e. The molecule has 3 heterocycles. The monoisotopic (exact) mass is 257 g/mol. The summed E-state index contributed by atoms with van der Waals surface area (Å²) in [6, 6.07) is 1.31. The quantitative estimate of drug-likeness (QED) is 0.898. The van der Waals surface area contributed by atoms with E-state index < -0.39 is 12.0 Å². The number of thiophene rings is 1. The van der Waals surface area contributed by atoms with E-state index in [1.807, 2.05) is 16.8 Å². The van der Waals surface area contributed by atoms with Gasteiger partial charge in [-0.25, -0.2) is 8.78 Å². The predicted molar refractivity (Wildman–Crippen MR) is 57.9 cm³/mol. The minimum atomic E-state index is -2.69. The number of halogens is 2. The molecule has 7 heteroatoms. The molecule has 1 unspecified atom stereocenters. The molecule has 2 aromatic rings. The van der Waals surface area contributed by atoms with Crippen LogP contribution < -0.4 is 5.32 Å². The summed E-state index contributed by atoms with van der Waals surface area (Å²) < 4.78 is 31.0. The molecule has 0 bridgehead atoms. The van der Waals surface area contributed by atoms with Crippen LogP contribution in [0.5, 0.6) is 0 Å². The van der Waals surface area contributed by atoms with Gasteiger partial charge in [-0.1, -0.05) is 5.16 Å². The van der Waals surface area contributed by atoms with E-state index in [0.29, 0.717) is 5.82 Å². The van der Waals surface area contributed by atoms with Crippen LogP contribution in [0.15, 0.2) is 21.3 Å². The minimum Gasteiger partial charge on any atom is -0.337 e. The SMILES string of the molecule is FC1(F)CNC(c2nc(-c3ccsc3)no2)C1. The van der Waals surface area contributed by atoms with Gasteiger partial charge < -0.3 is 4.52 Å². The minimum absolute atomic E-state index is 0.225. The number of aromatic nitrogens is 2. The van der Waals surface area contributed by atoms with Crippen LogP contribution in [-0.4, -0.2) is 22.6 Å². The predicted octanol–water partition coefficient (Wildman–Crippen LogP) is 2.47. The molecule has 17 heavy (non-hydrogen) atoms. The highest BCUT2D eigenvalue weighted by Crippen LogP contribution is 2.33. The second kappa shape index (κ2) is 3.85. The fourth-order valence-corrected chi connectivity index (χ4v) is 2.41. The van der Waals surface area contributed by atoms with Crippen molar-refractivity contribution in [3.8, 4) is 11.4 Å². The van der Waals surface area contributed by atoms with Gasteiger partial charge in [-0.15, -0.1) is 0 Å².